The van der Waals surface area contributed by atoms with Crippen molar-refractivity contribution in [3.8, 4) is 0 Å². The van der Waals surface area contributed by atoms with Crippen LogP contribution in [0.25, 0.3) is 0 Å². The molecule has 0 aromatic heterocycles. The highest BCUT2D eigenvalue weighted by atomic mass is 14.5. The molecule has 6 atom stereocenters. The third kappa shape index (κ3) is 5.78. The van der Waals surface area contributed by atoms with Crippen molar-refractivity contribution in [1.29, 1.82) is 0 Å². The van der Waals surface area contributed by atoms with Crippen molar-refractivity contribution in [2.45, 2.75) is 87.0 Å². The zero-order valence-corrected chi connectivity index (χ0v) is 15.3. The van der Waals surface area contributed by atoms with E-state index in [1.54, 1.807) is 0 Å². The average Bonchev–Trinajstić information content (AvgIpc) is 3.14. The molecule has 1 saturated carbocycles. The van der Waals surface area contributed by atoms with E-state index < -0.39 is 0 Å². The monoisotopic (exact) mass is 280 g/mol. The molecule has 0 aromatic carbocycles. The van der Waals surface area contributed by atoms with Gasteiger partial charge in [-0.3, -0.25) is 0 Å². The Morgan fingerprint density at radius 2 is 1.60 bits per heavy atom. The molecule has 1 rings (SSSR count). The smallest absolute Gasteiger partial charge is 0.0357 e. The predicted octanol–water partition coefficient (Wildman–Crippen LogP) is 6.79. The van der Waals surface area contributed by atoms with Crippen molar-refractivity contribution in [1.82, 2.24) is 0 Å². The molecule has 0 N–H and O–H groups in total. The first kappa shape index (κ1) is 18.1. The highest BCUT2D eigenvalue weighted by Crippen LogP contribution is 2.49. The summed E-state index contributed by atoms with van der Waals surface area (Å²) in [5, 5.41) is 0. The second-order valence-corrected chi connectivity index (χ2v) is 8.42. The molecule has 1 aliphatic carbocycles. The zero-order chi connectivity index (χ0) is 15.3. The van der Waals surface area contributed by atoms with Crippen molar-refractivity contribution in [3.63, 3.8) is 0 Å². The summed E-state index contributed by atoms with van der Waals surface area (Å²) in [7, 11) is 0. The maximum atomic E-state index is 2.51. The molecular formula is C20H40. The fraction of sp³-hybridized carbons (Fsp3) is 1.00. The molecule has 0 aromatic rings. The van der Waals surface area contributed by atoms with Gasteiger partial charge in [0.05, 0.1) is 0 Å². The van der Waals surface area contributed by atoms with Crippen LogP contribution in [-0.2, 0) is 0 Å². The van der Waals surface area contributed by atoms with Gasteiger partial charge >= 0.3 is 0 Å². The first-order valence-corrected chi connectivity index (χ1v) is 9.36. The summed E-state index contributed by atoms with van der Waals surface area (Å²) in [6.07, 6.45) is 8.72. The minimum Gasteiger partial charge on any atom is -0.0654 e. The summed E-state index contributed by atoms with van der Waals surface area (Å²) in [6.45, 7) is 16.9. The van der Waals surface area contributed by atoms with Crippen molar-refractivity contribution in [2.75, 3.05) is 0 Å². The number of hydrogen-bond donors (Lipinski definition) is 0. The SMILES string of the molecule is CCCC(C)CC(C)C1CC1CCC(C)C(C)C(C)C. The lowest BCUT2D eigenvalue weighted by molar-refractivity contribution is 0.268. The van der Waals surface area contributed by atoms with E-state index in [9.17, 15) is 0 Å². The molecular weight excluding hydrogens is 240 g/mol. The Balaban J connectivity index is 2.20. The van der Waals surface area contributed by atoms with E-state index in [0.717, 1.165) is 41.4 Å². The van der Waals surface area contributed by atoms with Crippen LogP contribution in [-0.4, -0.2) is 0 Å². The molecule has 6 unspecified atom stereocenters. The Bertz CT molecular complexity index is 255. The van der Waals surface area contributed by atoms with Crippen LogP contribution in [0.1, 0.15) is 87.0 Å². The Hall–Kier alpha value is 0. The maximum Gasteiger partial charge on any atom is -0.0357 e. The lowest BCUT2D eigenvalue weighted by Gasteiger charge is -2.23. The first-order valence-electron chi connectivity index (χ1n) is 9.36. The standard InChI is InChI=1S/C20H40/c1-8-9-15(4)12-17(6)20-13-19(20)11-10-16(5)18(7)14(2)3/h14-20H,8-13H2,1-7H3. The number of rotatable bonds is 10. The Kier molecular flexibility index (Phi) is 7.62. The second-order valence-electron chi connectivity index (χ2n) is 8.42. The van der Waals surface area contributed by atoms with Crippen LogP contribution in [0.5, 0.6) is 0 Å². The van der Waals surface area contributed by atoms with E-state index >= 15 is 0 Å². The van der Waals surface area contributed by atoms with E-state index in [-0.39, 0.29) is 0 Å². The second kappa shape index (κ2) is 8.44. The fourth-order valence-corrected chi connectivity index (χ4v) is 4.12. The lowest BCUT2D eigenvalue weighted by atomic mass is 9.82. The summed E-state index contributed by atoms with van der Waals surface area (Å²) in [5.74, 6) is 6.68. The first-order chi connectivity index (χ1) is 9.36. The molecule has 0 heteroatoms. The van der Waals surface area contributed by atoms with Gasteiger partial charge in [0.15, 0.2) is 0 Å². The van der Waals surface area contributed by atoms with Crippen molar-refractivity contribution in [3.05, 3.63) is 0 Å². The van der Waals surface area contributed by atoms with Gasteiger partial charge in [0.1, 0.15) is 0 Å². The molecule has 0 heterocycles. The molecule has 0 nitrogen and oxygen atoms in total. The molecule has 0 amide bonds. The van der Waals surface area contributed by atoms with E-state index in [1.165, 1.54) is 38.5 Å². The van der Waals surface area contributed by atoms with E-state index in [4.69, 9.17) is 0 Å². The summed E-state index contributed by atoms with van der Waals surface area (Å²) in [6, 6.07) is 0. The molecule has 0 aliphatic heterocycles. The summed E-state index contributed by atoms with van der Waals surface area (Å²) >= 11 is 0. The van der Waals surface area contributed by atoms with Crippen LogP contribution in [0.4, 0.5) is 0 Å². The van der Waals surface area contributed by atoms with Crippen LogP contribution in [0.3, 0.4) is 0 Å². The largest absolute Gasteiger partial charge is 0.0654 e. The molecule has 20 heavy (non-hydrogen) atoms. The minimum absolute atomic E-state index is 0.841. The maximum absolute atomic E-state index is 2.51. The van der Waals surface area contributed by atoms with Crippen LogP contribution in [0.2, 0.25) is 0 Å². The Morgan fingerprint density at radius 3 is 2.15 bits per heavy atom. The van der Waals surface area contributed by atoms with Crippen LogP contribution < -0.4 is 0 Å². The van der Waals surface area contributed by atoms with Gasteiger partial charge in [-0.05, 0) is 60.7 Å². The predicted molar refractivity (Wildman–Crippen MR) is 91.9 cm³/mol. The van der Waals surface area contributed by atoms with Gasteiger partial charge in [0.25, 0.3) is 0 Å². The fourth-order valence-electron chi connectivity index (χ4n) is 4.12. The quantitative estimate of drug-likeness (QED) is 0.413. The van der Waals surface area contributed by atoms with Gasteiger partial charge in [-0.2, -0.15) is 0 Å². The molecule has 1 aliphatic rings. The van der Waals surface area contributed by atoms with Crippen molar-refractivity contribution in [2.24, 2.45) is 41.4 Å². The van der Waals surface area contributed by atoms with E-state index in [1.807, 2.05) is 0 Å². The molecule has 120 valence electrons. The Labute approximate surface area is 129 Å². The zero-order valence-electron chi connectivity index (χ0n) is 15.3. The van der Waals surface area contributed by atoms with Crippen LogP contribution in [0, 0.1) is 41.4 Å². The van der Waals surface area contributed by atoms with Crippen LogP contribution >= 0.6 is 0 Å². The third-order valence-corrected chi connectivity index (χ3v) is 6.21. The third-order valence-electron chi connectivity index (χ3n) is 6.21. The lowest BCUT2D eigenvalue weighted by Crippen LogP contribution is -2.14. The molecule has 0 radical (unpaired) electrons. The van der Waals surface area contributed by atoms with Gasteiger partial charge < -0.3 is 0 Å². The Morgan fingerprint density at radius 1 is 0.950 bits per heavy atom. The normalized spacial score (nSPS) is 28.2. The van der Waals surface area contributed by atoms with Crippen LogP contribution in [0.15, 0.2) is 0 Å². The summed E-state index contributed by atoms with van der Waals surface area (Å²) < 4.78 is 0. The van der Waals surface area contributed by atoms with Crippen molar-refractivity contribution >= 4 is 0 Å². The minimum atomic E-state index is 0.841. The molecule has 0 bridgehead atoms. The van der Waals surface area contributed by atoms with Gasteiger partial charge in [-0.15, -0.1) is 0 Å². The summed E-state index contributed by atoms with van der Waals surface area (Å²) in [4.78, 5) is 0. The van der Waals surface area contributed by atoms with E-state index in [0.29, 0.717) is 0 Å². The van der Waals surface area contributed by atoms with E-state index in [2.05, 4.69) is 48.5 Å². The molecule has 1 fully saturated rings. The van der Waals surface area contributed by atoms with Gasteiger partial charge in [-0.25, -0.2) is 0 Å². The van der Waals surface area contributed by atoms with Crippen molar-refractivity contribution < 1.29 is 0 Å². The molecule has 0 spiro atoms. The highest BCUT2D eigenvalue weighted by Gasteiger charge is 2.40. The van der Waals surface area contributed by atoms with Gasteiger partial charge in [0.2, 0.25) is 0 Å². The molecule has 0 saturated heterocycles. The highest BCUT2D eigenvalue weighted by molar-refractivity contribution is 4.90. The summed E-state index contributed by atoms with van der Waals surface area (Å²) in [5.41, 5.74) is 0. The average molecular weight is 281 g/mol. The van der Waals surface area contributed by atoms with Gasteiger partial charge in [0, 0.05) is 0 Å². The van der Waals surface area contributed by atoms with Gasteiger partial charge in [-0.1, -0.05) is 67.7 Å². The number of hydrogen-bond acceptors (Lipinski definition) is 0. The topological polar surface area (TPSA) is 0 Å².